The van der Waals surface area contributed by atoms with Crippen molar-refractivity contribution in [2.45, 2.75) is 19.0 Å². The minimum Gasteiger partial charge on any atom is -0.467 e. The Morgan fingerprint density at radius 2 is 1.93 bits per heavy atom. The van der Waals surface area contributed by atoms with Gasteiger partial charge < -0.3 is 15.1 Å². The maximum Gasteiger partial charge on any atom is 0.325 e. The number of rotatable bonds is 5. The molecule has 2 aromatic rings. The molecule has 0 bridgehead atoms. The Bertz CT molecular complexity index is 913. The molecule has 1 atom stereocenters. The first kappa shape index (κ1) is 19.4. The van der Waals surface area contributed by atoms with Crippen LogP contribution in [0.1, 0.15) is 18.2 Å². The predicted octanol–water partition coefficient (Wildman–Crippen LogP) is 1.73. The number of benzene rings is 1. The van der Waals surface area contributed by atoms with Crippen LogP contribution >= 0.6 is 11.6 Å². The van der Waals surface area contributed by atoms with E-state index in [0.29, 0.717) is 16.3 Å². The Morgan fingerprint density at radius 3 is 2.57 bits per heavy atom. The van der Waals surface area contributed by atoms with Crippen molar-refractivity contribution >= 4 is 35.5 Å². The Labute approximate surface area is 165 Å². The number of furan rings is 1. The molecule has 1 aromatic heterocycles. The Balaban J connectivity index is 1.59. The first-order valence-electron chi connectivity index (χ1n) is 8.30. The predicted molar refractivity (Wildman–Crippen MR) is 98.1 cm³/mol. The molecule has 1 saturated heterocycles. The molecular weight excluding hydrogens is 388 g/mol. The summed E-state index contributed by atoms with van der Waals surface area (Å²) in [5, 5.41) is 7.55. The van der Waals surface area contributed by atoms with Crippen molar-refractivity contribution in [3.63, 3.8) is 0 Å². The summed E-state index contributed by atoms with van der Waals surface area (Å²) in [6, 6.07) is 8.25. The van der Waals surface area contributed by atoms with E-state index in [4.69, 9.17) is 16.0 Å². The number of hydrogen-bond donors (Lipinski definition) is 3. The van der Waals surface area contributed by atoms with Gasteiger partial charge >= 0.3 is 12.1 Å². The zero-order valence-corrected chi connectivity index (χ0v) is 15.6. The molecule has 3 N–H and O–H groups in total. The van der Waals surface area contributed by atoms with Crippen LogP contribution in [-0.4, -0.2) is 35.3 Å². The fraction of sp³-hybridized carbons (Fsp3) is 0.222. The lowest BCUT2D eigenvalue weighted by atomic mass is 9.92. The minimum atomic E-state index is -1.33. The van der Waals surface area contributed by atoms with E-state index >= 15 is 0 Å². The summed E-state index contributed by atoms with van der Waals surface area (Å²) in [6.07, 6.45) is 1.45. The number of carbonyl (C=O) groups excluding carboxylic acids is 4. The molecular formula is C18H17ClN4O5. The molecule has 9 nitrogen and oxygen atoms in total. The standard InChI is InChI=1S/C18H17ClN4O5/c1-18(11-4-6-12(19)7-5-11)15(25)23(17(27)22-18)10-14(24)21-16(26)20-9-13-3-2-8-28-13/h2-8H,9-10H2,1H3,(H,22,27)(H2,20,21,24,26)/t18-/m0/s1. The van der Waals surface area contributed by atoms with Crippen molar-refractivity contribution in [3.8, 4) is 0 Å². The minimum absolute atomic E-state index is 0.0872. The monoisotopic (exact) mass is 404 g/mol. The molecule has 10 heteroatoms. The van der Waals surface area contributed by atoms with Crippen molar-refractivity contribution in [2.24, 2.45) is 0 Å². The third kappa shape index (κ3) is 3.99. The normalized spacial score (nSPS) is 18.7. The first-order chi connectivity index (χ1) is 13.3. The van der Waals surface area contributed by atoms with E-state index in [1.807, 2.05) is 0 Å². The summed E-state index contributed by atoms with van der Waals surface area (Å²) in [7, 11) is 0. The van der Waals surface area contributed by atoms with E-state index in [2.05, 4.69) is 16.0 Å². The van der Waals surface area contributed by atoms with Crippen molar-refractivity contribution in [2.75, 3.05) is 6.54 Å². The van der Waals surface area contributed by atoms with Gasteiger partial charge in [-0.2, -0.15) is 0 Å². The highest BCUT2D eigenvalue weighted by molar-refractivity contribution is 6.30. The number of amides is 6. The van der Waals surface area contributed by atoms with Crippen LogP contribution in [0.4, 0.5) is 9.59 Å². The van der Waals surface area contributed by atoms with Crippen LogP contribution < -0.4 is 16.0 Å². The van der Waals surface area contributed by atoms with Gasteiger partial charge in [-0.3, -0.25) is 19.8 Å². The van der Waals surface area contributed by atoms with Crippen LogP contribution in [0.2, 0.25) is 5.02 Å². The van der Waals surface area contributed by atoms with Crippen LogP contribution in [-0.2, 0) is 21.7 Å². The molecule has 6 amide bonds. The molecule has 1 fully saturated rings. The number of nitrogens with one attached hydrogen (secondary N) is 3. The van der Waals surface area contributed by atoms with Gasteiger partial charge in [-0.1, -0.05) is 23.7 Å². The van der Waals surface area contributed by atoms with Gasteiger partial charge in [-0.15, -0.1) is 0 Å². The van der Waals surface area contributed by atoms with E-state index in [1.165, 1.54) is 13.2 Å². The summed E-state index contributed by atoms with van der Waals surface area (Å²) in [4.78, 5) is 49.5. The highest BCUT2D eigenvalue weighted by atomic mass is 35.5. The quantitative estimate of drug-likeness (QED) is 0.655. The summed E-state index contributed by atoms with van der Waals surface area (Å²) >= 11 is 5.85. The largest absolute Gasteiger partial charge is 0.467 e. The highest BCUT2D eigenvalue weighted by Crippen LogP contribution is 2.29. The molecule has 0 radical (unpaired) electrons. The average Bonchev–Trinajstić information content (AvgIpc) is 3.24. The number of nitrogens with zero attached hydrogens (tertiary/aromatic N) is 1. The fourth-order valence-corrected chi connectivity index (χ4v) is 2.88. The van der Waals surface area contributed by atoms with Crippen LogP contribution in [0.25, 0.3) is 0 Å². The summed E-state index contributed by atoms with van der Waals surface area (Å²) in [5.41, 5.74) is -0.807. The molecule has 146 valence electrons. The maximum atomic E-state index is 12.7. The number of carbonyl (C=O) groups is 4. The Morgan fingerprint density at radius 1 is 1.21 bits per heavy atom. The lowest BCUT2D eigenvalue weighted by Gasteiger charge is -2.22. The van der Waals surface area contributed by atoms with Gasteiger partial charge in [0.05, 0.1) is 12.8 Å². The molecule has 28 heavy (non-hydrogen) atoms. The highest BCUT2D eigenvalue weighted by Gasteiger charge is 2.49. The van der Waals surface area contributed by atoms with E-state index in [9.17, 15) is 19.2 Å². The fourth-order valence-electron chi connectivity index (χ4n) is 2.75. The van der Waals surface area contributed by atoms with Crippen molar-refractivity contribution in [1.29, 1.82) is 0 Å². The van der Waals surface area contributed by atoms with Gasteiger partial charge in [0.25, 0.3) is 5.91 Å². The molecule has 1 aliphatic heterocycles. The lowest BCUT2D eigenvalue weighted by molar-refractivity contribution is -0.134. The van der Waals surface area contributed by atoms with Crippen LogP contribution in [0, 0.1) is 0 Å². The van der Waals surface area contributed by atoms with Gasteiger partial charge in [-0.05, 0) is 36.8 Å². The van der Waals surface area contributed by atoms with E-state index in [0.717, 1.165) is 4.90 Å². The zero-order valence-electron chi connectivity index (χ0n) is 14.8. The molecule has 3 rings (SSSR count). The van der Waals surface area contributed by atoms with E-state index < -0.39 is 36.0 Å². The molecule has 1 aliphatic rings. The van der Waals surface area contributed by atoms with Crippen LogP contribution in [0.5, 0.6) is 0 Å². The third-order valence-electron chi connectivity index (χ3n) is 4.25. The Kier molecular flexibility index (Phi) is 5.36. The van der Waals surface area contributed by atoms with E-state index in [1.54, 1.807) is 36.4 Å². The Hall–Kier alpha value is -3.33. The second-order valence-electron chi connectivity index (χ2n) is 6.26. The molecule has 0 aliphatic carbocycles. The molecule has 1 aromatic carbocycles. The molecule has 2 heterocycles. The maximum absolute atomic E-state index is 12.7. The topological polar surface area (TPSA) is 121 Å². The van der Waals surface area contributed by atoms with E-state index in [-0.39, 0.29) is 6.54 Å². The zero-order chi connectivity index (χ0) is 20.3. The summed E-state index contributed by atoms with van der Waals surface area (Å²) in [6.45, 7) is 1.02. The number of urea groups is 2. The van der Waals surface area contributed by atoms with Crippen LogP contribution in [0.15, 0.2) is 47.1 Å². The van der Waals surface area contributed by atoms with Crippen molar-refractivity contribution in [1.82, 2.24) is 20.9 Å². The average molecular weight is 405 g/mol. The van der Waals surface area contributed by atoms with Gasteiger partial charge in [0.2, 0.25) is 5.91 Å². The summed E-state index contributed by atoms with van der Waals surface area (Å²) in [5.74, 6) is -0.901. The van der Waals surface area contributed by atoms with Gasteiger partial charge in [0, 0.05) is 5.02 Å². The number of hydrogen-bond acceptors (Lipinski definition) is 5. The van der Waals surface area contributed by atoms with Gasteiger partial charge in [0.1, 0.15) is 17.8 Å². The second kappa shape index (κ2) is 7.73. The smallest absolute Gasteiger partial charge is 0.325 e. The third-order valence-corrected chi connectivity index (χ3v) is 4.51. The van der Waals surface area contributed by atoms with Crippen molar-refractivity contribution < 1.29 is 23.6 Å². The van der Waals surface area contributed by atoms with Crippen LogP contribution in [0.3, 0.4) is 0 Å². The number of imide groups is 2. The van der Waals surface area contributed by atoms with Crippen molar-refractivity contribution in [3.05, 3.63) is 59.0 Å². The second-order valence-corrected chi connectivity index (χ2v) is 6.70. The van der Waals surface area contributed by atoms with Gasteiger partial charge in [-0.25, -0.2) is 9.59 Å². The summed E-state index contributed by atoms with van der Waals surface area (Å²) < 4.78 is 5.06. The number of halogens is 1. The molecule has 0 spiro atoms. The molecule has 0 saturated carbocycles. The SMILES string of the molecule is C[C@@]1(c2ccc(Cl)cc2)NC(=O)N(CC(=O)NC(=O)NCc2ccco2)C1=O. The van der Waals surface area contributed by atoms with Gasteiger partial charge in [0.15, 0.2) is 0 Å². The first-order valence-corrected chi connectivity index (χ1v) is 8.67. The lowest BCUT2D eigenvalue weighted by Crippen LogP contribution is -2.46. The molecule has 0 unspecified atom stereocenters.